The highest BCUT2D eigenvalue weighted by Crippen LogP contribution is 2.34. The molecule has 3 aromatic rings. The first-order valence-electron chi connectivity index (χ1n) is 8.55. The number of rotatable bonds is 8. The van der Waals surface area contributed by atoms with E-state index < -0.39 is 4.92 Å². The van der Waals surface area contributed by atoms with E-state index in [1.807, 2.05) is 31.2 Å². The molecule has 0 amide bonds. The van der Waals surface area contributed by atoms with E-state index in [9.17, 15) is 10.1 Å². The van der Waals surface area contributed by atoms with E-state index in [2.05, 4.69) is 20.6 Å². The number of benzene rings is 2. The Bertz CT molecular complexity index is 983. The molecule has 0 unspecified atom stereocenters. The van der Waals surface area contributed by atoms with Gasteiger partial charge in [-0.2, -0.15) is 0 Å². The van der Waals surface area contributed by atoms with Crippen LogP contribution in [-0.2, 0) is 6.54 Å². The van der Waals surface area contributed by atoms with E-state index in [0.717, 1.165) is 5.56 Å². The summed E-state index contributed by atoms with van der Waals surface area (Å²) in [5.41, 5.74) is 1.11. The Kier molecular flexibility index (Phi) is 6.23. The molecule has 2 aromatic carbocycles. The topological polar surface area (TPSA) is 102 Å². The smallest absolute Gasteiger partial charge is 0.353 e. The van der Waals surface area contributed by atoms with Crippen LogP contribution in [-0.4, -0.2) is 21.5 Å². The first-order chi connectivity index (χ1) is 13.6. The van der Waals surface area contributed by atoms with Crippen molar-refractivity contribution >= 4 is 34.6 Å². The van der Waals surface area contributed by atoms with E-state index in [0.29, 0.717) is 23.1 Å². The lowest BCUT2D eigenvalue weighted by atomic mass is 10.2. The molecular formula is C19H18ClN5O3. The van der Waals surface area contributed by atoms with E-state index in [1.165, 1.54) is 6.33 Å². The summed E-state index contributed by atoms with van der Waals surface area (Å²) in [7, 11) is 0. The van der Waals surface area contributed by atoms with Gasteiger partial charge in [-0.25, -0.2) is 9.97 Å². The lowest BCUT2D eigenvalue weighted by Crippen LogP contribution is -2.09. The minimum atomic E-state index is -0.527. The number of nitro groups is 1. The Morgan fingerprint density at radius 1 is 1.11 bits per heavy atom. The van der Waals surface area contributed by atoms with E-state index in [-0.39, 0.29) is 23.9 Å². The zero-order valence-corrected chi connectivity index (χ0v) is 15.8. The molecule has 0 radical (unpaired) electrons. The zero-order chi connectivity index (χ0) is 19.9. The van der Waals surface area contributed by atoms with Gasteiger partial charge in [-0.3, -0.25) is 10.1 Å². The molecule has 8 nitrogen and oxygen atoms in total. The molecule has 144 valence electrons. The van der Waals surface area contributed by atoms with Gasteiger partial charge in [0.25, 0.3) is 0 Å². The molecule has 0 saturated carbocycles. The van der Waals surface area contributed by atoms with Crippen molar-refractivity contribution in [3.05, 3.63) is 75.6 Å². The summed E-state index contributed by atoms with van der Waals surface area (Å²) >= 11 is 6.15. The molecule has 1 aromatic heterocycles. The lowest BCUT2D eigenvalue weighted by Gasteiger charge is -2.13. The quantitative estimate of drug-likeness (QED) is 0.414. The maximum atomic E-state index is 11.7. The van der Waals surface area contributed by atoms with Crippen molar-refractivity contribution in [3.8, 4) is 5.75 Å². The third-order valence-corrected chi connectivity index (χ3v) is 4.22. The summed E-state index contributed by atoms with van der Waals surface area (Å²) in [6, 6.07) is 14.4. The Labute approximate surface area is 166 Å². The fraction of sp³-hybridized carbons (Fsp3) is 0.158. The third-order valence-electron chi connectivity index (χ3n) is 3.85. The van der Waals surface area contributed by atoms with Crippen molar-refractivity contribution in [2.75, 3.05) is 17.2 Å². The van der Waals surface area contributed by atoms with Gasteiger partial charge >= 0.3 is 5.69 Å². The van der Waals surface area contributed by atoms with Gasteiger partial charge in [-0.05, 0) is 30.7 Å². The Hall–Kier alpha value is -3.39. The molecule has 2 N–H and O–H groups in total. The van der Waals surface area contributed by atoms with E-state index in [1.54, 1.807) is 24.3 Å². The Morgan fingerprint density at radius 3 is 2.57 bits per heavy atom. The van der Waals surface area contributed by atoms with Gasteiger partial charge in [-0.1, -0.05) is 41.9 Å². The normalized spacial score (nSPS) is 10.4. The van der Waals surface area contributed by atoms with Crippen molar-refractivity contribution in [1.82, 2.24) is 9.97 Å². The van der Waals surface area contributed by atoms with Crippen LogP contribution < -0.4 is 15.4 Å². The third kappa shape index (κ3) is 4.47. The van der Waals surface area contributed by atoms with E-state index in [4.69, 9.17) is 16.3 Å². The molecule has 0 saturated heterocycles. The predicted molar refractivity (Wildman–Crippen MR) is 108 cm³/mol. The van der Waals surface area contributed by atoms with Crippen molar-refractivity contribution in [2.45, 2.75) is 13.5 Å². The average molecular weight is 400 g/mol. The number of aromatic nitrogens is 2. The second kappa shape index (κ2) is 9.01. The van der Waals surface area contributed by atoms with Gasteiger partial charge in [-0.15, -0.1) is 0 Å². The largest absolute Gasteiger partial charge is 0.492 e. The van der Waals surface area contributed by atoms with Crippen LogP contribution in [0, 0.1) is 10.1 Å². The molecule has 3 rings (SSSR count). The lowest BCUT2D eigenvalue weighted by molar-refractivity contribution is -0.383. The van der Waals surface area contributed by atoms with Crippen molar-refractivity contribution in [2.24, 2.45) is 0 Å². The maximum absolute atomic E-state index is 11.7. The summed E-state index contributed by atoms with van der Waals surface area (Å²) in [6.07, 6.45) is 1.26. The number of anilines is 3. The highest BCUT2D eigenvalue weighted by Gasteiger charge is 2.24. The fourth-order valence-corrected chi connectivity index (χ4v) is 2.77. The van der Waals surface area contributed by atoms with Crippen LogP contribution in [0.2, 0.25) is 5.02 Å². The van der Waals surface area contributed by atoms with Crippen LogP contribution >= 0.6 is 11.6 Å². The van der Waals surface area contributed by atoms with Gasteiger partial charge in [0.1, 0.15) is 12.1 Å². The summed E-state index contributed by atoms with van der Waals surface area (Å²) < 4.78 is 5.55. The predicted octanol–water partition coefficient (Wildman–Crippen LogP) is 4.79. The summed E-state index contributed by atoms with van der Waals surface area (Å²) in [5, 5.41) is 18.2. The molecule has 0 fully saturated rings. The summed E-state index contributed by atoms with van der Waals surface area (Å²) in [5.74, 6) is 0.730. The molecular weight excluding hydrogens is 382 g/mol. The highest BCUT2D eigenvalue weighted by atomic mass is 35.5. The Morgan fingerprint density at radius 2 is 1.82 bits per heavy atom. The van der Waals surface area contributed by atoms with Gasteiger partial charge in [0.15, 0.2) is 0 Å². The van der Waals surface area contributed by atoms with Crippen LogP contribution in [0.3, 0.4) is 0 Å². The van der Waals surface area contributed by atoms with Crippen LogP contribution in [0.4, 0.5) is 23.0 Å². The second-order valence-corrected chi connectivity index (χ2v) is 6.08. The standard InChI is InChI=1S/C19H18ClN5O3/c1-2-28-16-10-6-5-9-15(16)24-19-17(25(26)27)18(22-12-23-19)21-11-13-7-3-4-8-14(13)20/h3-10,12H,2,11H2,1H3,(H2,21,22,23,24). The minimum absolute atomic E-state index is 0.0637. The maximum Gasteiger partial charge on any atom is 0.353 e. The molecule has 0 aliphatic heterocycles. The molecule has 0 aliphatic carbocycles. The van der Waals surface area contributed by atoms with Crippen LogP contribution in [0.15, 0.2) is 54.9 Å². The van der Waals surface area contributed by atoms with Crippen LogP contribution in [0.1, 0.15) is 12.5 Å². The van der Waals surface area contributed by atoms with Crippen molar-refractivity contribution in [3.63, 3.8) is 0 Å². The molecule has 0 spiro atoms. The molecule has 0 aliphatic rings. The van der Waals surface area contributed by atoms with Gasteiger partial charge in [0, 0.05) is 11.6 Å². The number of nitrogens with zero attached hydrogens (tertiary/aromatic N) is 3. The summed E-state index contributed by atoms with van der Waals surface area (Å²) in [4.78, 5) is 19.3. The van der Waals surface area contributed by atoms with Crippen LogP contribution in [0.25, 0.3) is 0 Å². The summed E-state index contributed by atoms with van der Waals surface area (Å²) in [6.45, 7) is 2.61. The number of ether oxygens (including phenoxy) is 1. The molecule has 0 atom stereocenters. The molecule has 0 bridgehead atoms. The Balaban J connectivity index is 1.90. The van der Waals surface area contributed by atoms with E-state index >= 15 is 0 Å². The number of nitrogens with one attached hydrogen (secondary N) is 2. The average Bonchev–Trinajstić information content (AvgIpc) is 2.69. The van der Waals surface area contributed by atoms with Gasteiger partial charge in [0.05, 0.1) is 17.2 Å². The monoisotopic (exact) mass is 399 g/mol. The van der Waals surface area contributed by atoms with Crippen molar-refractivity contribution < 1.29 is 9.66 Å². The van der Waals surface area contributed by atoms with Gasteiger partial charge < -0.3 is 15.4 Å². The second-order valence-electron chi connectivity index (χ2n) is 5.68. The molecule has 28 heavy (non-hydrogen) atoms. The zero-order valence-electron chi connectivity index (χ0n) is 15.1. The highest BCUT2D eigenvalue weighted by molar-refractivity contribution is 6.31. The SMILES string of the molecule is CCOc1ccccc1Nc1ncnc(NCc2ccccc2Cl)c1[N+](=O)[O-]. The number of para-hydroxylation sites is 2. The van der Waals surface area contributed by atoms with Gasteiger partial charge in [0.2, 0.25) is 11.6 Å². The first-order valence-corrected chi connectivity index (χ1v) is 8.93. The fourth-order valence-electron chi connectivity index (χ4n) is 2.57. The van der Waals surface area contributed by atoms with Crippen LogP contribution in [0.5, 0.6) is 5.75 Å². The van der Waals surface area contributed by atoms with Crippen molar-refractivity contribution in [1.29, 1.82) is 0 Å². The minimum Gasteiger partial charge on any atom is -0.492 e. The number of halogens is 1. The first kappa shape index (κ1) is 19.4. The number of hydrogen-bond donors (Lipinski definition) is 2. The molecule has 1 heterocycles. The molecule has 9 heteroatoms. The number of hydrogen-bond acceptors (Lipinski definition) is 7.